The Hall–Kier alpha value is -2.25. The third-order valence-electron chi connectivity index (χ3n) is 2.98. The predicted molar refractivity (Wildman–Crippen MR) is 93.0 cm³/mol. The molecule has 0 bridgehead atoms. The van der Waals surface area contributed by atoms with Crippen LogP contribution in [0, 0.1) is 12.1 Å². The molecule has 0 aliphatic rings. The molecular formula is C16H18Cl2N2O5. The van der Waals surface area contributed by atoms with Crippen LogP contribution in [0.15, 0.2) is 24.5 Å². The highest BCUT2D eigenvalue weighted by molar-refractivity contribution is 6.32. The molecule has 0 aliphatic carbocycles. The lowest BCUT2D eigenvalue weighted by Crippen LogP contribution is -2.29. The summed E-state index contributed by atoms with van der Waals surface area (Å²) < 4.78 is 15.4. The minimum Gasteiger partial charge on any atom is -0.618 e. The molecular weight excluding hydrogens is 371 g/mol. The Morgan fingerprint density at radius 3 is 2.32 bits per heavy atom. The lowest BCUT2D eigenvalue weighted by molar-refractivity contribution is -0.612. The van der Waals surface area contributed by atoms with E-state index >= 15 is 0 Å². The molecule has 0 saturated heterocycles. The molecule has 2 aromatic heterocycles. The number of halogens is 2. The van der Waals surface area contributed by atoms with Gasteiger partial charge >= 0.3 is 5.97 Å². The molecule has 0 atom stereocenters. The summed E-state index contributed by atoms with van der Waals surface area (Å²) in [6.45, 7) is 3.05. The fourth-order valence-corrected chi connectivity index (χ4v) is 2.30. The van der Waals surface area contributed by atoms with Gasteiger partial charge in [0.05, 0.1) is 24.3 Å². The maximum atomic E-state index is 10.9. The van der Waals surface area contributed by atoms with Gasteiger partial charge in [-0.1, -0.05) is 23.2 Å². The van der Waals surface area contributed by atoms with Gasteiger partial charge in [-0.15, -0.1) is 0 Å². The lowest BCUT2D eigenvalue weighted by atomic mass is 10.3. The smallest absolute Gasteiger partial charge is 0.303 e. The largest absolute Gasteiger partial charge is 0.618 e. The molecule has 0 radical (unpaired) electrons. The summed E-state index contributed by atoms with van der Waals surface area (Å²) in [4.78, 5) is 14.6. The van der Waals surface area contributed by atoms with Crippen LogP contribution >= 0.6 is 23.2 Å². The van der Waals surface area contributed by atoms with Gasteiger partial charge in [-0.05, 0) is 6.07 Å². The molecule has 0 saturated carbocycles. The Balaban J connectivity index is 0.000000257. The maximum Gasteiger partial charge on any atom is 0.303 e. The fourth-order valence-electron chi connectivity index (χ4n) is 1.79. The molecule has 0 amide bonds. The van der Waals surface area contributed by atoms with E-state index in [1.165, 1.54) is 39.6 Å². The average molecular weight is 389 g/mol. The molecule has 2 heterocycles. The Labute approximate surface area is 155 Å². The van der Waals surface area contributed by atoms with Crippen molar-refractivity contribution in [2.24, 2.45) is 0 Å². The fraction of sp³-hybridized carbons (Fsp3) is 0.312. The molecule has 136 valence electrons. The number of carbonyl (C=O) groups is 1. The zero-order chi connectivity index (χ0) is 19.0. The number of aromatic nitrogens is 2. The van der Waals surface area contributed by atoms with E-state index in [1.54, 1.807) is 13.0 Å². The Kier molecular flexibility index (Phi) is 8.24. The highest BCUT2D eigenvalue weighted by Gasteiger charge is 2.11. The van der Waals surface area contributed by atoms with Crippen LogP contribution in [-0.2, 0) is 16.1 Å². The predicted octanol–water partition coefficient (Wildman–Crippen LogP) is 3.10. The van der Waals surface area contributed by atoms with Crippen molar-refractivity contribution >= 4 is 29.2 Å². The standard InChI is InChI=1S/C9H10ClNO3.C7H8ClNO2/c1-6(12)14-5-8-9(13-2)7(10)3-4-11-8;1-5-7(11-2)6(8)3-4-9(5)10/h3-4H,5H2,1-2H3;3-4H,1-2H3. The average Bonchev–Trinajstić information content (AvgIpc) is 2.57. The Morgan fingerprint density at radius 2 is 1.80 bits per heavy atom. The molecule has 0 spiro atoms. The van der Waals surface area contributed by atoms with Crippen LogP contribution in [-0.4, -0.2) is 25.2 Å². The number of hydrogen-bond acceptors (Lipinski definition) is 6. The minimum atomic E-state index is -0.367. The first-order valence-electron chi connectivity index (χ1n) is 7.04. The van der Waals surface area contributed by atoms with E-state index in [-0.39, 0.29) is 12.6 Å². The third-order valence-corrected chi connectivity index (χ3v) is 3.58. The molecule has 0 N–H and O–H groups in total. The van der Waals surface area contributed by atoms with Gasteiger partial charge < -0.3 is 19.4 Å². The Morgan fingerprint density at radius 1 is 1.20 bits per heavy atom. The summed E-state index contributed by atoms with van der Waals surface area (Å²) in [5.74, 6) is 0.508. The molecule has 2 aromatic rings. The number of nitrogens with zero attached hydrogens (tertiary/aromatic N) is 2. The second kappa shape index (κ2) is 9.90. The first kappa shape index (κ1) is 20.8. The molecule has 7 nitrogen and oxygen atoms in total. The molecule has 9 heteroatoms. The normalized spacial score (nSPS) is 9.68. The van der Waals surface area contributed by atoms with Gasteiger partial charge in [0, 0.05) is 26.1 Å². The number of rotatable bonds is 4. The van der Waals surface area contributed by atoms with Crippen molar-refractivity contribution in [1.82, 2.24) is 4.98 Å². The van der Waals surface area contributed by atoms with Crippen LogP contribution < -0.4 is 14.2 Å². The van der Waals surface area contributed by atoms with Crippen molar-refractivity contribution < 1.29 is 23.7 Å². The molecule has 25 heavy (non-hydrogen) atoms. The van der Waals surface area contributed by atoms with Gasteiger partial charge in [-0.2, -0.15) is 4.73 Å². The summed E-state index contributed by atoms with van der Waals surface area (Å²) in [6, 6.07) is 3.11. The van der Waals surface area contributed by atoms with Gasteiger partial charge in [-0.3, -0.25) is 9.78 Å². The van der Waals surface area contributed by atoms with Gasteiger partial charge in [0.25, 0.3) is 0 Å². The minimum absolute atomic E-state index is 0.0685. The highest BCUT2D eigenvalue weighted by Crippen LogP contribution is 2.26. The Bertz CT molecular complexity index is 741. The second-order valence-corrected chi connectivity index (χ2v) is 5.48. The van der Waals surface area contributed by atoms with Crippen molar-refractivity contribution in [2.45, 2.75) is 20.5 Å². The molecule has 2 rings (SSSR count). The van der Waals surface area contributed by atoms with Crippen LogP contribution in [0.3, 0.4) is 0 Å². The highest BCUT2D eigenvalue weighted by atomic mass is 35.5. The van der Waals surface area contributed by atoms with E-state index in [4.69, 9.17) is 37.4 Å². The van der Waals surface area contributed by atoms with E-state index in [9.17, 15) is 10.0 Å². The number of ether oxygens (including phenoxy) is 3. The van der Waals surface area contributed by atoms with Crippen LogP contribution in [0.25, 0.3) is 0 Å². The zero-order valence-electron chi connectivity index (χ0n) is 14.2. The van der Waals surface area contributed by atoms with Crippen molar-refractivity contribution in [3.05, 3.63) is 51.2 Å². The lowest BCUT2D eigenvalue weighted by Gasteiger charge is -2.08. The van der Waals surface area contributed by atoms with E-state index in [1.807, 2.05) is 0 Å². The topological polar surface area (TPSA) is 84.6 Å². The van der Waals surface area contributed by atoms with Crippen LogP contribution in [0.4, 0.5) is 0 Å². The summed E-state index contributed by atoms with van der Waals surface area (Å²) in [7, 11) is 2.97. The molecule has 0 unspecified atom stereocenters. The van der Waals surface area contributed by atoms with Crippen LogP contribution in [0.5, 0.6) is 11.5 Å². The zero-order valence-corrected chi connectivity index (χ0v) is 15.7. The van der Waals surface area contributed by atoms with Gasteiger partial charge in [-0.25, -0.2) is 0 Å². The van der Waals surface area contributed by atoms with Crippen molar-refractivity contribution in [2.75, 3.05) is 14.2 Å². The van der Waals surface area contributed by atoms with Crippen molar-refractivity contribution in [3.8, 4) is 11.5 Å². The summed E-state index contributed by atoms with van der Waals surface area (Å²) in [5, 5.41) is 11.8. The summed E-state index contributed by atoms with van der Waals surface area (Å²) >= 11 is 11.6. The van der Waals surface area contributed by atoms with Crippen LogP contribution in [0.1, 0.15) is 18.3 Å². The number of carbonyl (C=O) groups excluding carboxylic acids is 1. The van der Waals surface area contributed by atoms with Crippen molar-refractivity contribution in [1.29, 1.82) is 0 Å². The number of methoxy groups -OCH3 is 2. The van der Waals surface area contributed by atoms with Crippen molar-refractivity contribution in [3.63, 3.8) is 0 Å². The van der Waals surface area contributed by atoms with Gasteiger partial charge in [0.1, 0.15) is 12.3 Å². The van der Waals surface area contributed by atoms with E-state index in [0.29, 0.717) is 37.7 Å². The van der Waals surface area contributed by atoms with E-state index in [0.717, 1.165) is 0 Å². The van der Waals surface area contributed by atoms with E-state index < -0.39 is 0 Å². The quantitative estimate of drug-likeness (QED) is 0.454. The number of hydrogen-bond donors (Lipinski definition) is 0. The number of esters is 1. The van der Waals surface area contributed by atoms with Crippen LogP contribution in [0.2, 0.25) is 10.0 Å². The third kappa shape index (κ3) is 5.95. The summed E-state index contributed by atoms with van der Waals surface area (Å²) in [6.07, 6.45) is 2.88. The van der Waals surface area contributed by atoms with E-state index in [2.05, 4.69) is 4.98 Å². The maximum absolute atomic E-state index is 10.9. The molecule has 0 aromatic carbocycles. The second-order valence-electron chi connectivity index (χ2n) is 4.66. The first-order valence-corrected chi connectivity index (χ1v) is 7.80. The van der Waals surface area contributed by atoms with Gasteiger partial charge in [0.15, 0.2) is 11.9 Å². The molecule has 0 fully saturated rings. The van der Waals surface area contributed by atoms with Gasteiger partial charge in [0.2, 0.25) is 11.4 Å². The molecule has 0 aliphatic heterocycles. The monoisotopic (exact) mass is 388 g/mol. The summed E-state index contributed by atoms with van der Waals surface area (Å²) in [5.41, 5.74) is 0.982. The SMILES string of the molecule is COc1c(Cl)cc[n+]([O-])c1C.COc1c(Cl)ccnc1COC(C)=O. The number of pyridine rings is 2. The first-order chi connectivity index (χ1) is 11.8.